The van der Waals surface area contributed by atoms with Gasteiger partial charge in [-0.25, -0.2) is 4.79 Å². The van der Waals surface area contributed by atoms with Gasteiger partial charge in [-0.15, -0.1) is 0 Å². The van der Waals surface area contributed by atoms with Crippen molar-refractivity contribution in [3.05, 3.63) is 0 Å². The fraction of sp³-hybridized carbons (Fsp3) is 0.800. The van der Waals surface area contributed by atoms with Gasteiger partial charge in [-0.3, -0.25) is 4.79 Å². The lowest BCUT2D eigenvalue weighted by atomic mass is 10.0. The van der Waals surface area contributed by atoms with Gasteiger partial charge in [0, 0.05) is 6.42 Å². The number of fused-ring (bicyclic) bond motifs is 1. The maximum absolute atomic E-state index is 11.8. The van der Waals surface area contributed by atoms with Crippen LogP contribution in [0, 0.1) is 0 Å². The molecule has 2 rings (SSSR count). The van der Waals surface area contributed by atoms with Crippen LogP contribution in [0.4, 0.5) is 4.79 Å². The first kappa shape index (κ1) is 12.5. The van der Waals surface area contributed by atoms with Gasteiger partial charge in [0.15, 0.2) is 0 Å². The highest BCUT2D eigenvalue weighted by molar-refractivity contribution is 7.92. The Hall–Kier alpha value is -0.950. The quantitative estimate of drug-likeness (QED) is 0.362. The number of hydrogen-bond donors (Lipinski definition) is 3. The van der Waals surface area contributed by atoms with Gasteiger partial charge < -0.3 is 20.3 Å². The molecule has 0 aromatic carbocycles. The fourth-order valence-electron chi connectivity index (χ4n) is 2.45. The largest absolute Gasteiger partial charge is 0.616 e. The lowest BCUT2D eigenvalue weighted by molar-refractivity contribution is -0.137. The van der Waals surface area contributed by atoms with E-state index in [1.54, 1.807) is 0 Å². The van der Waals surface area contributed by atoms with Crippen molar-refractivity contribution in [2.45, 2.75) is 43.0 Å². The minimum absolute atomic E-state index is 0.0205. The van der Waals surface area contributed by atoms with Crippen LogP contribution in [0.25, 0.3) is 0 Å². The van der Waals surface area contributed by atoms with Crippen LogP contribution in [-0.4, -0.2) is 44.7 Å². The molecule has 7 heteroatoms. The van der Waals surface area contributed by atoms with Gasteiger partial charge in [0.25, 0.3) is 0 Å². The lowest BCUT2D eigenvalue weighted by Gasteiger charge is -2.17. The maximum atomic E-state index is 11.8. The number of carbonyl (C=O) groups is 2. The van der Waals surface area contributed by atoms with Crippen LogP contribution in [0.15, 0.2) is 0 Å². The minimum Gasteiger partial charge on any atom is -0.616 e. The van der Waals surface area contributed by atoms with Crippen LogP contribution in [0.5, 0.6) is 0 Å². The molecule has 0 spiro atoms. The van der Waals surface area contributed by atoms with Crippen molar-refractivity contribution >= 4 is 23.2 Å². The van der Waals surface area contributed by atoms with E-state index in [9.17, 15) is 14.1 Å². The zero-order chi connectivity index (χ0) is 12.4. The van der Waals surface area contributed by atoms with Crippen molar-refractivity contribution in [1.82, 2.24) is 10.6 Å². The maximum Gasteiger partial charge on any atom is 0.315 e. The molecule has 2 fully saturated rings. The minimum atomic E-state index is -0.923. The second kappa shape index (κ2) is 5.14. The molecule has 0 aromatic rings. The summed E-state index contributed by atoms with van der Waals surface area (Å²) in [4.78, 5) is 21.5. The summed E-state index contributed by atoms with van der Waals surface area (Å²) < 4.78 is 11.8. The molecule has 2 amide bonds. The number of carboxylic acid groups (broad SMARTS) is 1. The van der Waals surface area contributed by atoms with Crippen molar-refractivity contribution in [2.24, 2.45) is 0 Å². The summed E-state index contributed by atoms with van der Waals surface area (Å²) in [5, 5.41) is 14.0. The molecular formula is C10H16N2O4S. The average molecular weight is 260 g/mol. The standard InChI is InChI=1S/C10H16N2O4S/c13-8(14)4-2-1-3-7-9-6(5-17(7)16)11-10(15)12-9/h6-7,9H,1-5H2,(H,13,14)(H2,11,12,15)/t6?,7-,9-,17?/m0/s1. The molecule has 17 heavy (non-hydrogen) atoms. The number of carbonyl (C=O) groups excluding carboxylic acids is 1. The number of nitrogens with one attached hydrogen (secondary N) is 2. The van der Waals surface area contributed by atoms with Gasteiger partial charge in [-0.2, -0.15) is 0 Å². The predicted molar refractivity (Wildman–Crippen MR) is 62.1 cm³/mol. The molecule has 2 aliphatic rings. The van der Waals surface area contributed by atoms with Crippen LogP contribution in [0.2, 0.25) is 0 Å². The van der Waals surface area contributed by atoms with Crippen LogP contribution in [0.1, 0.15) is 25.7 Å². The van der Waals surface area contributed by atoms with E-state index >= 15 is 0 Å². The molecule has 2 aliphatic heterocycles. The van der Waals surface area contributed by atoms with Gasteiger partial charge >= 0.3 is 12.0 Å². The van der Waals surface area contributed by atoms with Gasteiger partial charge in [0.1, 0.15) is 23.1 Å². The smallest absolute Gasteiger partial charge is 0.315 e. The Morgan fingerprint density at radius 2 is 2.24 bits per heavy atom. The number of hydrogen-bond acceptors (Lipinski definition) is 3. The van der Waals surface area contributed by atoms with Crippen molar-refractivity contribution < 1.29 is 19.2 Å². The summed E-state index contributed by atoms with van der Waals surface area (Å²) in [5.74, 6) is -0.293. The molecule has 2 unspecified atom stereocenters. The Morgan fingerprint density at radius 1 is 1.47 bits per heavy atom. The zero-order valence-corrected chi connectivity index (χ0v) is 10.2. The van der Waals surface area contributed by atoms with Gasteiger partial charge in [0.05, 0.1) is 0 Å². The molecule has 0 aliphatic carbocycles. The summed E-state index contributed by atoms with van der Waals surface area (Å²) >= 11 is -0.923. The molecule has 2 heterocycles. The number of unbranched alkanes of at least 4 members (excludes halogenated alkanes) is 1. The number of carboxylic acids is 1. The summed E-state index contributed by atoms with van der Waals surface area (Å²) in [6.45, 7) is 0. The first-order valence-corrected chi connectivity index (χ1v) is 7.12. The Labute approximate surface area is 102 Å². The van der Waals surface area contributed by atoms with Gasteiger partial charge in [0.2, 0.25) is 0 Å². The third-order valence-electron chi connectivity index (χ3n) is 3.26. The van der Waals surface area contributed by atoms with E-state index in [-0.39, 0.29) is 29.8 Å². The zero-order valence-electron chi connectivity index (χ0n) is 9.35. The second-order valence-electron chi connectivity index (χ2n) is 4.48. The molecule has 6 nitrogen and oxygen atoms in total. The Kier molecular flexibility index (Phi) is 3.78. The molecule has 3 N–H and O–H groups in total. The summed E-state index contributed by atoms with van der Waals surface area (Å²) in [6.07, 6.45) is 2.20. The van der Waals surface area contributed by atoms with Crippen LogP contribution in [-0.2, 0) is 16.0 Å². The van der Waals surface area contributed by atoms with E-state index < -0.39 is 17.1 Å². The average Bonchev–Trinajstić information content (AvgIpc) is 2.69. The van der Waals surface area contributed by atoms with Crippen molar-refractivity contribution in [3.8, 4) is 0 Å². The van der Waals surface area contributed by atoms with E-state index in [4.69, 9.17) is 5.11 Å². The summed E-state index contributed by atoms with van der Waals surface area (Å²) in [7, 11) is 0. The second-order valence-corrected chi connectivity index (χ2v) is 6.18. The van der Waals surface area contributed by atoms with E-state index in [0.29, 0.717) is 18.6 Å². The molecule has 0 bridgehead atoms. The van der Waals surface area contributed by atoms with E-state index in [0.717, 1.165) is 6.42 Å². The normalized spacial score (nSPS) is 35.2. The lowest BCUT2D eigenvalue weighted by Crippen LogP contribution is -2.39. The number of amides is 2. The third-order valence-corrected chi connectivity index (χ3v) is 5.15. The molecule has 0 radical (unpaired) electrons. The SMILES string of the molecule is O=C(O)CCCC[C@H]1[C@H]2NC(=O)NC2C[S+]1[O-]. The molecular weight excluding hydrogens is 244 g/mol. The number of aliphatic carboxylic acids is 1. The Bertz CT molecular complexity index is 325. The summed E-state index contributed by atoms with van der Waals surface area (Å²) in [6, 6.07) is -0.256. The Balaban J connectivity index is 1.79. The first-order valence-electron chi connectivity index (χ1n) is 5.74. The number of rotatable bonds is 5. The molecule has 4 atom stereocenters. The van der Waals surface area contributed by atoms with E-state index in [1.807, 2.05) is 0 Å². The van der Waals surface area contributed by atoms with E-state index in [2.05, 4.69) is 10.6 Å². The van der Waals surface area contributed by atoms with Crippen molar-refractivity contribution in [2.75, 3.05) is 5.75 Å². The molecule has 0 saturated carbocycles. The highest BCUT2D eigenvalue weighted by Gasteiger charge is 2.50. The number of urea groups is 1. The Morgan fingerprint density at radius 3 is 2.94 bits per heavy atom. The van der Waals surface area contributed by atoms with Crippen molar-refractivity contribution in [3.63, 3.8) is 0 Å². The molecule has 96 valence electrons. The third kappa shape index (κ3) is 2.84. The fourth-order valence-corrected chi connectivity index (χ4v) is 4.35. The molecule has 2 saturated heterocycles. The molecule has 0 aromatic heterocycles. The van der Waals surface area contributed by atoms with E-state index in [1.165, 1.54) is 0 Å². The topological polar surface area (TPSA) is 101 Å². The van der Waals surface area contributed by atoms with Gasteiger partial charge in [-0.1, -0.05) is 0 Å². The van der Waals surface area contributed by atoms with Crippen LogP contribution >= 0.6 is 0 Å². The van der Waals surface area contributed by atoms with Gasteiger partial charge in [-0.05, 0) is 30.4 Å². The highest BCUT2D eigenvalue weighted by atomic mass is 32.2. The monoisotopic (exact) mass is 260 g/mol. The van der Waals surface area contributed by atoms with Crippen LogP contribution in [0.3, 0.4) is 0 Å². The highest BCUT2D eigenvalue weighted by Crippen LogP contribution is 2.28. The first-order chi connectivity index (χ1) is 8.08. The summed E-state index contributed by atoms with van der Waals surface area (Å²) in [5.41, 5.74) is 0. The van der Waals surface area contributed by atoms with Crippen LogP contribution < -0.4 is 10.6 Å². The predicted octanol–water partition coefficient (Wildman–Crippen LogP) is -0.188. The van der Waals surface area contributed by atoms with Crippen molar-refractivity contribution in [1.29, 1.82) is 0 Å².